The summed E-state index contributed by atoms with van der Waals surface area (Å²) in [4.78, 5) is 10.4. The van der Waals surface area contributed by atoms with E-state index >= 15 is 0 Å². The smallest absolute Gasteiger partial charge is 0.255 e. The van der Waals surface area contributed by atoms with E-state index in [-0.39, 0.29) is 30.2 Å². The first-order valence-electron chi connectivity index (χ1n) is 11.9. The highest BCUT2D eigenvalue weighted by Gasteiger charge is 2.25. The maximum atomic E-state index is 13.3. The number of aliphatic hydroxyl groups excluding tert-OH is 1. The number of nitriles is 2. The van der Waals surface area contributed by atoms with Crippen LogP contribution < -0.4 is 9.64 Å². The van der Waals surface area contributed by atoms with E-state index in [2.05, 4.69) is 22.1 Å². The third kappa shape index (κ3) is 6.87. The molecule has 0 saturated carbocycles. The van der Waals surface area contributed by atoms with Gasteiger partial charge in [0, 0.05) is 34.3 Å². The molecular weight excluding hydrogens is 576 g/mol. The van der Waals surface area contributed by atoms with Crippen molar-refractivity contribution in [3.63, 3.8) is 0 Å². The van der Waals surface area contributed by atoms with Gasteiger partial charge in [0.15, 0.2) is 0 Å². The third-order valence-corrected chi connectivity index (χ3v) is 7.85. The van der Waals surface area contributed by atoms with Crippen molar-refractivity contribution in [1.82, 2.24) is 9.97 Å². The molecule has 0 aliphatic heterocycles. The van der Waals surface area contributed by atoms with E-state index in [1.807, 2.05) is 17.5 Å². The summed E-state index contributed by atoms with van der Waals surface area (Å²) in [6.45, 7) is -0.674. The van der Waals surface area contributed by atoms with Crippen LogP contribution in [0.2, 0.25) is 5.02 Å². The van der Waals surface area contributed by atoms with Gasteiger partial charge in [-0.05, 0) is 29.8 Å². The molecule has 2 heterocycles. The molecule has 7 nitrogen and oxygen atoms in total. The number of thiazole rings is 1. The van der Waals surface area contributed by atoms with Crippen LogP contribution >= 0.6 is 34.7 Å². The Morgan fingerprint density at radius 1 is 1.05 bits per heavy atom. The van der Waals surface area contributed by atoms with E-state index in [4.69, 9.17) is 21.4 Å². The summed E-state index contributed by atoms with van der Waals surface area (Å²) in [6.07, 6.45) is -2.65. The molecule has 0 aliphatic carbocycles. The van der Waals surface area contributed by atoms with Crippen molar-refractivity contribution in [3.05, 3.63) is 75.8 Å². The molecule has 1 N–H and O–H groups in total. The Balaban J connectivity index is 1.74. The SMILES string of the molecule is CN(CC(F)F)c1nc(SCc2csc(-c3ccc(Cl)cc3)n2)c(C#N)c(-c2ccc(OCCO)cc2)c1C#N. The van der Waals surface area contributed by atoms with Crippen molar-refractivity contribution in [2.24, 2.45) is 0 Å². The van der Waals surface area contributed by atoms with Gasteiger partial charge in [0.05, 0.1) is 24.4 Å². The molecular formula is C28H22ClF2N5O2S2. The Hall–Kier alpha value is -3.74. The van der Waals surface area contributed by atoms with Crippen molar-refractivity contribution < 1.29 is 18.6 Å². The van der Waals surface area contributed by atoms with Crippen LogP contribution in [0.25, 0.3) is 21.7 Å². The highest BCUT2D eigenvalue weighted by molar-refractivity contribution is 7.98. The molecule has 0 spiro atoms. The van der Waals surface area contributed by atoms with Gasteiger partial charge in [-0.1, -0.05) is 47.6 Å². The quantitative estimate of drug-likeness (QED) is 0.192. The van der Waals surface area contributed by atoms with Crippen molar-refractivity contribution in [2.75, 3.05) is 31.7 Å². The fourth-order valence-corrected chi connectivity index (χ4v) is 5.78. The number of rotatable bonds is 11. The second-order valence-corrected chi connectivity index (χ2v) is 10.7. The van der Waals surface area contributed by atoms with Gasteiger partial charge >= 0.3 is 0 Å². The average molecular weight is 598 g/mol. The Labute approximate surface area is 243 Å². The molecule has 2 aromatic carbocycles. The molecule has 0 bridgehead atoms. The molecule has 40 heavy (non-hydrogen) atoms. The fraction of sp³-hybridized carbons (Fsp3) is 0.214. The minimum atomic E-state index is -2.65. The highest BCUT2D eigenvalue weighted by atomic mass is 35.5. The van der Waals surface area contributed by atoms with Gasteiger partial charge in [0.25, 0.3) is 6.43 Å². The van der Waals surface area contributed by atoms with Gasteiger partial charge < -0.3 is 14.7 Å². The first-order chi connectivity index (χ1) is 19.3. The molecule has 0 fully saturated rings. The van der Waals surface area contributed by atoms with Crippen molar-refractivity contribution in [1.29, 1.82) is 10.5 Å². The molecule has 0 radical (unpaired) electrons. The number of hydrogen-bond acceptors (Lipinski definition) is 9. The average Bonchev–Trinajstić information content (AvgIpc) is 3.43. The number of hydrogen-bond donors (Lipinski definition) is 1. The van der Waals surface area contributed by atoms with Crippen molar-refractivity contribution >= 4 is 40.5 Å². The first kappa shape index (κ1) is 29.2. The van der Waals surface area contributed by atoms with E-state index in [1.165, 1.54) is 35.0 Å². The minimum Gasteiger partial charge on any atom is -0.491 e. The molecule has 4 aromatic rings. The van der Waals surface area contributed by atoms with E-state index < -0.39 is 13.0 Å². The summed E-state index contributed by atoms with van der Waals surface area (Å²) in [7, 11) is 1.43. The van der Waals surface area contributed by atoms with E-state index in [1.54, 1.807) is 36.4 Å². The third-order valence-electron chi connectivity index (χ3n) is 5.64. The van der Waals surface area contributed by atoms with Gasteiger partial charge in [-0.3, -0.25) is 0 Å². The highest BCUT2D eigenvalue weighted by Crippen LogP contribution is 2.39. The number of pyridine rings is 1. The number of alkyl halides is 2. The minimum absolute atomic E-state index is 0.0201. The van der Waals surface area contributed by atoms with Crippen LogP contribution in [0.15, 0.2) is 58.9 Å². The predicted octanol–water partition coefficient (Wildman–Crippen LogP) is 6.63. The van der Waals surface area contributed by atoms with Crippen LogP contribution in [0.1, 0.15) is 16.8 Å². The van der Waals surface area contributed by atoms with Crippen LogP contribution in [0.5, 0.6) is 5.75 Å². The van der Waals surface area contributed by atoms with Gasteiger partial charge in [-0.15, -0.1) is 11.3 Å². The largest absolute Gasteiger partial charge is 0.491 e. The normalized spacial score (nSPS) is 10.8. The number of ether oxygens (including phenoxy) is 1. The van der Waals surface area contributed by atoms with E-state index in [9.17, 15) is 19.3 Å². The molecule has 0 amide bonds. The summed E-state index contributed by atoms with van der Waals surface area (Å²) in [5.41, 5.74) is 2.68. The topological polar surface area (TPSA) is 106 Å². The fourth-order valence-electron chi connectivity index (χ4n) is 3.85. The second-order valence-electron chi connectivity index (χ2n) is 8.40. The number of halogens is 3. The Morgan fingerprint density at radius 3 is 2.35 bits per heavy atom. The molecule has 0 atom stereocenters. The summed E-state index contributed by atoms with van der Waals surface area (Å²) >= 11 is 8.69. The zero-order valence-corrected chi connectivity index (χ0v) is 23.5. The lowest BCUT2D eigenvalue weighted by Crippen LogP contribution is -2.26. The monoisotopic (exact) mass is 597 g/mol. The second kappa shape index (κ2) is 13.6. The lowest BCUT2D eigenvalue weighted by molar-refractivity contribution is 0.156. The van der Waals surface area contributed by atoms with E-state index in [0.29, 0.717) is 32.7 Å². The number of anilines is 1. The summed E-state index contributed by atoms with van der Waals surface area (Å²) in [6, 6.07) is 18.2. The van der Waals surface area contributed by atoms with Crippen LogP contribution in [-0.2, 0) is 5.75 Å². The lowest BCUT2D eigenvalue weighted by Gasteiger charge is -2.22. The predicted molar refractivity (Wildman–Crippen MR) is 153 cm³/mol. The van der Waals surface area contributed by atoms with Crippen LogP contribution in [0.4, 0.5) is 14.6 Å². The number of thioether (sulfide) groups is 1. The number of nitrogens with zero attached hydrogens (tertiary/aromatic N) is 5. The summed E-state index contributed by atoms with van der Waals surface area (Å²) in [5.74, 6) is 0.914. The number of aromatic nitrogens is 2. The maximum Gasteiger partial charge on any atom is 0.255 e. The molecule has 0 aliphatic rings. The molecule has 2 aromatic heterocycles. The number of benzene rings is 2. The standard InChI is InChI=1S/C28H22ClF2N5O2S2/c1-36(14-24(30)31)26-22(12-32)25(17-4-8-21(9-5-17)38-11-10-37)23(13-33)28(35-26)40-16-20-15-39-27(34-20)18-2-6-19(29)7-3-18/h2-9,15,24,37H,10-11,14,16H2,1H3. The maximum absolute atomic E-state index is 13.3. The summed E-state index contributed by atoms with van der Waals surface area (Å²) in [5, 5.41) is 32.9. The molecule has 4 rings (SSSR count). The van der Waals surface area contributed by atoms with Crippen LogP contribution in [0.3, 0.4) is 0 Å². The van der Waals surface area contributed by atoms with Gasteiger partial charge in [0.1, 0.15) is 45.9 Å². The van der Waals surface area contributed by atoms with Gasteiger partial charge in [-0.25, -0.2) is 18.7 Å². The van der Waals surface area contributed by atoms with Crippen LogP contribution in [-0.4, -0.2) is 48.3 Å². The zero-order chi connectivity index (χ0) is 28.6. The Morgan fingerprint density at radius 2 is 1.73 bits per heavy atom. The van der Waals surface area contributed by atoms with Crippen molar-refractivity contribution in [2.45, 2.75) is 17.2 Å². The molecule has 204 valence electrons. The molecule has 0 saturated heterocycles. The zero-order valence-electron chi connectivity index (χ0n) is 21.1. The summed E-state index contributed by atoms with van der Waals surface area (Å²) < 4.78 is 32.0. The van der Waals surface area contributed by atoms with Crippen molar-refractivity contribution in [3.8, 4) is 39.6 Å². The lowest BCUT2D eigenvalue weighted by atomic mass is 9.96. The molecule has 12 heteroatoms. The Bertz CT molecular complexity index is 1550. The Kier molecular flexibility index (Phi) is 9.91. The van der Waals surface area contributed by atoms with Gasteiger partial charge in [-0.2, -0.15) is 10.5 Å². The first-order valence-corrected chi connectivity index (χ1v) is 14.1. The van der Waals surface area contributed by atoms with E-state index in [0.717, 1.165) is 16.3 Å². The number of aliphatic hydroxyl groups is 1. The van der Waals surface area contributed by atoms with Crippen LogP contribution in [0, 0.1) is 22.7 Å². The molecule has 0 unspecified atom stereocenters. The van der Waals surface area contributed by atoms with Gasteiger partial charge in [0.2, 0.25) is 0 Å².